The number of Topliss-reactive ketones (excluding diaryl/α,β-unsaturated/α-hetero) is 1. The highest BCUT2D eigenvalue weighted by molar-refractivity contribution is 6.32. The molecule has 4 aromatic rings. The van der Waals surface area contributed by atoms with E-state index in [0.717, 1.165) is 0 Å². The number of rotatable bonds is 5. The van der Waals surface area contributed by atoms with Gasteiger partial charge in [0.05, 0.1) is 41.2 Å². The van der Waals surface area contributed by atoms with E-state index in [1.807, 2.05) is 0 Å². The summed E-state index contributed by atoms with van der Waals surface area (Å²) in [4.78, 5) is 59.2. The number of imide groups is 1. The lowest BCUT2D eigenvalue weighted by atomic mass is 9.44. The Morgan fingerprint density at radius 1 is 0.768 bits per heavy atom. The number of alkyl halides is 6. The van der Waals surface area contributed by atoms with E-state index in [-0.39, 0.29) is 35.8 Å². The van der Waals surface area contributed by atoms with Gasteiger partial charge in [-0.2, -0.15) is 26.3 Å². The summed E-state index contributed by atoms with van der Waals surface area (Å²) in [5.74, 6) is -8.78. The minimum Gasteiger partial charge on any atom is -0.508 e. The summed E-state index contributed by atoms with van der Waals surface area (Å²) in [6.07, 6.45) is -7.86. The molecule has 0 unspecified atom stereocenters. The standard InChI is InChI=1S/C43H31F6NO6/c1-56-27-12-15-34(51)32(19-27)37-28-13-14-29-36(40(55)50(39(29)54)26-17-24(42(44,45)46)16-25(18-26)43(47,48)49)31(28)20-33-38(53)30(22-8-4-2-5-9-22)21-35(52)41(33,37)23-10-6-3-7-11-23/h2-13,15-19,21,29,31,33,36-37,51H,14,20H2,1H3/t29-,31+,33-,36-,37+,41-/m0/s1. The van der Waals surface area contributed by atoms with Crippen LogP contribution in [0.2, 0.25) is 0 Å². The van der Waals surface area contributed by atoms with Crippen LogP contribution in [0.1, 0.15) is 46.6 Å². The van der Waals surface area contributed by atoms with Gasteiger partial charge in [0.1, 0.15) is 11.5 Å². The molecular formula is C43H31F6NO6. The minimum absolute atomic E-state index is 0.0831. The van der Waals surface area contributed by atoms with Crippen molar-refractivity contribution in [3.63, 3.8) is 0 Å². The van der Waals surface area contributed by atoms with E-state index in [0.29, 0.717) is 39.5 Å². The topological polar surface area (TPSA) is 101 Å². The van der Waals surface area contributed by atoms with Crippen molar-refractivity contribution in [2.24, 2.45) is 23.7 Å². The number of ketones is 2. The van der Waals surface area contributed by atoms with E-state index in [2.05, 4.69) is 0 Å². The molecule has 1 heterocycles. The third-order valence-corrected chi connectivity index (χ3v) is 11.8. The number of hydrogen-bond acceptors (Lipinski definition) is 6. The van der Waals surface area contributed by atoms with Crippen LogP contribution in [0.25, 0.3) is 5.57 Å². The molecule has 4 aromatic carbocycles. The molecule has 7 nitrogen and oxygen atoms in total. The van der Waals surface area contributed by atoms with E-state index in [4.69, 9.17) is 4.74 Å². The monoisotopic (exact) mass is 771 g/mol. The maximum absolute atomic E-state index is 15.1. The molecular weight excluding hydrogens is 740 g/mol. The van der Waals surface area contributed by atoms with Gasteiger partial charge in [-0.05, 0) is 72.4 Å². The number of ether oxygens (including phenoxy) is 1. The van der Waals surface area contributed by atoms with Gasteiger partial charge in [-0.25, -0.2) is 4.90 Å². The zero-order valence-electron chi connectivity index (χ0n) is 29.4. The average molecular weight is 772 g/mol. The molecule has 2 fully saturated rings. The number of phenols is 1. The molecule has 8 rings (SSSR count). The number of carbonyl (C=O) groups is 4. The lowest BCUT2D eigenvalue weighted by molar-refractivity contribution is -0.143. The number of anilines is 1. The van der Waals surface area contributed by atoms with Crippen LogP contribution >= 0.6 is 0 Å². The Morgan fingerprint density at radius 3 is 2.00 bits per heavy atom. The molecule has 6 atom stereocenters. The Bertz CT molecular complexity index is 2340. The normalized spacial score (nSPS) is 26.3. The molecule has 286 valence electrons. The summed E-state index contributed by atoms with van der Waals surface area (Å²) in [5.41, 5.74) is -4.35. The van der Waals surface area contributed by atoms with E-state index in [9.17, 15) is 41.0 Å². The summed E-state index contributed by atoms with van der Waals surface area (Å²) >= 11 is 0. The van der Waals surface area contributed by atoms with Gasteiger partial charge >= 0.3 is 12.4 Å². The second-order valence-corrected chi connectivity index (χ2v) is 14.5. The highest BCUT2D eigenvalue weighted by Gasteiger charge is 2.66. The minimum atomic E-state index is -5.24. The van der Waals surface area contributed by atoms with Gasteiger partial charge in [0.2, 0.25) is 11.8 Å². The summed E-state index contributed by atoms with van der Waals surface area (Å²) in [6.45, 7) is 0. The van der Waals surface area contributed by atoms with Crippen molar-refractivity contribution in [2.45, 2.75) is 36.5 Å². The predicted molar refractivity (Wildman–Crippen MR) is 190 cm³/mol. The van der Waals surface area contributed by atoms with Crippen molar-refractivity contribution in [3.05, 3.63) is 143 Å². The summed E-state index contributed by atoms with van der Waals surface area (Å²) in [7, 11) is 1.40. The molecule has 0 spiro atoms. The van der Waals surface area contributed by atoms with Gasteiger partial charge in [0, 0.05) is 23.0 Å². The number of aromatic hydroxyl groups is 1. The van der Waals surface area contributed by atoms with Crippen LogP contribution in [0.5, 0.6) is 11.5 Å². The third kappa shape index (κ3) is 5.57. The number of halogens is 6. The molecule has 3 aliphatic carbocycles. The number of carbonyl (C=O) groups excluding carboxylic acids is 4. The first-order valence-electron chi connectivity index (χ1n) is 17.7. The second-order valence-electron chi connectivity index (χ2n) is 14.5. The van der Waals surface area contributed by atoms with Crippen LogP contribution in [0.3, 0.4) is 0 Å². The first kappa shape index (κ1) is 37.0. The van der Waals surface area contributed by atoms with E-state index >= 15 is 9.59 Å². The number of hydrogen-bond donors (Lipinski definition) is 1. The first-order valence-corrected chi connectivity index (χ1v) is 17.7. The van der Waals surface area contributed by atoms with E-state index < -0.39 is 87.6 Å². The molecule has 1 N–H and O–H groups in total. The number of methoxy groups -OCH3 is 1. The molecule has 0 aromatic heterocycles. The maximum Gasteiger partial charge on any atom is 0.416 e. The Labute approximate surface area is 315 Å². The van der Waals surface area contributed by atoms with Crippen LogP contribution < -0.4 is 9.64 Å². The van der Waals surface area contributed by atoms with Gasteiger partial charge in [-0.15, -0.1) is 0 Å². The SMILES string of the molecule is COc1ccc(O)c([C@H]2C3=CC[C@@H]4C(=O)N(c5cc(C(F)(F)F)cc(C(F)(F)F)c5)C(=O)[C@@H]4[C@@H]3C[C@H]3C(=O)C(c4ccccc4)=CC(=O)[C@@]23c2ccccc2)c1. The molecule has 13 heteroatoms. The van der Waals surface area contributed by atoms with Crippen molar-refractivity contribution >= 4 is 34.6 Å². The third-order valence-electron chi connectivity index (χ3n) is 11.8. The van der Waals surface area contributed by atoms with Gasteiger partial charge in [0.15, 0.2) is 11.6 Å². The van der Waals surface area contributed by atoms with Crippen LogP contribution in [-0.4, -0.2) is 35.6 Å². The molecule has 1 saturated carbocycles. The number of nitrogens with zero attached hydrogens (tertiary/aromatic N) is 1. The number of phenolic OH excluding ortho intramolecular Hbond substituents is 1. The fraction of sp³-hybridized carbons (Fsp3) is 0.256. The number of fused-ring (bicyclic) bond motifs is 4. The van der Waals surface area contributed by atoms with Crippen LogP contribution in [-0.2, 0) is 36.9 Å². The van der Waals surface area contributed by atoms with Crippen molar-refractivity contribution in [1.82, 2.24) is 0 Å². The fourth-order valence-electron chi connectivity index (χ4n) is 9.43. The van der Waals surface area contributed by atoms with Crippen molar-refractivity contribution in [2.75, 3.05) is 12.0 Å². The molecule has 1 saturated heterocycles. The summed E-state index contributed by atoms with van der Waals surface area (Å²) < 4.78 is 89.1. The Hall–Kier alpha value is -5.98. The molecule has 0 radical (unpaired) electrons. The van der Waals surface area contributed by atoms with Gasteiger partial charge in [0.25, 0.3) is 0 Å². The number of benzene rings is 4. The molecule has 4 aliphatic rings. The smallest absolute Gasteiger partial charge is 0.416 e. The van der Waals surface area contributed by atoms with Crippen LogP contribution in [0.4, 0.5) is 32.0 Å². The molecule has 56 heavy (non-hydrogen) atoms. The van der Waals surface area contributed by atoms with Crippen LogP contribution in [0, 0.1) is 23.7 Å². The Kier molecular flexibility index (Phi) is 8.62. The fourth-order valence-corrected chi connectivity index (χ4v) is 9.43. The zero-order chi connectivity index (χ0) is 39.9. The van der Waals surface area contributed by atoms with Crippen molar-refractivity contribution < 1.29 is 55.4 Å². The van der Waals surface area contributed by atoms with Gasteiger partial charge in [-0.1, -0.05) is 72.3 Å². The zero-order valence-corrected chi connectivity index (χ0v) is 29.4. The molecule has 0 bridgehead atoms. The summed E-state index contributed by atoms with van der Waals surface area (Å²) in [6, 6.07) is 22.0. The second kappa shape index (κ2) is 13.1. The van der Waals surface area contributed by atoms with Crippen molar-refractivity contribution in [1.29, 1.82) is 0 Å². The first-order chi connectivity index (χ1) is 26.6. The largest absolute Gasteiger partial charge is 0.508 e. The quantitative estimate of drug-likeness (QED) is 0.124. The lowest BCUT2D eigenvalue weighted by Crippen LogP contribution is -2.58. The summed E-state index contributed by atoms with van der Waals surface area (Å²) in [5, 5.41) is 11.6. The van der Waals surface area contributed by atoms with Gasteiger partial charge in [-0.3, -0.25) is 19.2 Å². The Morgan fingerprint density at radius 2 is 1.39 bits per heavy atom. The highest BCUT2D eigenvalue weighted by atomic mass is 19.4. The molecule has 1 aliphatic heterocycles. The molecule has 2 amide bonds. The average Bonchev–Trinajstić information content (AvgIpc) is 3.44. The van der Waals surface area contributed by atoms with Gasteiger partial charge < -0.3 is 9.84 Å². The van der Waals surface area contributed by atoms with E-state index in [1.165, 1.54) is 31.4 Å². The highest BCUT2D eigenvalue weighted by Crippen LogP contribution is 2.64. The van der Waals surface area contributed by atoms with Crippen LogP contribution in [0.15, 0.2) is 115 Å². The maximum atomic E-state index is 15.1. The van der Waals surface area contributed by atoms with Crippen molar-refractivity contribution in [3.8, 4) is 11.5 Å². The number of allylic oxidation sites excluding steroid dienone is 4. The Balaban J connectivity index is 1.35. The van der Waals surface area contributed by atoms with E-state index in [1.54, 1.807) is 66.7 Å². The predicted octanol–water partition coefficient (Wildman–Crippen LogP) is 8.47. The number of amides is 2. The lowest BCUT2D eigenvalue weighted by Gasteiger charge is -2.55.